The summed E-state index contributed by atoms with van der Waals surface area (Å²) >= 11 is 0. The van der Waals surface area contributed by atoms with E-state index >= 15 is 0 Å². The summed E-state index contributed by atoms with van der Waals surface area (Å²) in [6.07, 6.45) is 2.77. The second kappa shape index (κ2) is 25.1. The molecule has 0 spiro atoms. The van der Waals surface area contributed by atoms with Crippen LogP contribution in [0.2, 0.25) is 0 Å². The van der Waals surface area contributed by atoms with E-state index in [2.05, 4.69) is 10.6 Å². The molecule has 4 aliphatic heterocycles. The van der Waals surface area contributed by atoms with Gasteiger partial charge >= 0.3 is 0 Å². The first-order chi connectivity index (χ1) is 25.6. The molecule has 0 bridgehead atoms. The van der Waals surface area contributed by atoms with Gasteiger partial charge in [-0.1, -0.05) is 24.3 Å². The van der Waals surface area contributed by atoms with E-state index in [1.54, 1.807) is 0 Å². The molecule has 2 saturated heterocycles. The van der Waals surface area contributed by atoms with E-state index in [0.717, 1.165) is 73.5 Å². The van der Waals surface area contributed by atoms with Gasteiger partial charge in [-0.05, 0) is 97.4 Å². The van der Waals surface area contributed by atoms with Crippen LogP contribution in [0, 0.1) is 112 Å². The summed E-state index contributed by atoms with van der Waals surface area (Å²) in [5.41, 5.74) is 2.36. The van der Waals surface area contributed by atoms with Crippen LogP contribution in [0.3, 0.4) is 0 Å². The molecule has 8 rings (SSSR count). The predicted octanol–water partition coefficient (Wildman–Crippen LogP) is 4.51. The van der Waals surface area contributed by atoms with Crippen molar-refractivity contribution in [3.05, 3.63) is 108 Å². The van der Waals surface area contributed by atoms with Crippen molar-refractivity contribution in [2.75, 3.05) is 59.2 Å². The van der Waals surface area contributed by atoms with Gasteiger partial charge in [0.15, 0.2) is 23.0 Å². The van der Waals surface area contributed by atoms with Gasteiger partial charge in [0.05, 0.1) is 19.5 Å². The molecule has 0 unspecified atom stereocenters. The Labute approximate surface area is 403 Å². The zero-order chi connectivity index (χ0) is 37.2. The molecule has 4 aromatic carbocycles. The third kappa shape index (κ3) is 15.9. The Kier molecular flexibility index (Phi) is 22.6. The molecule has 0 aliphatic carbocycles. The van der Waals surface area contributed by atoms with Gasteiger partial charge in [0, 0.05) is 125 Å². The summed E-state index contributed by atoms with van der Waals surface area (Å²) in [6.45, 7) is 5.48. The Bertz CT molecular complexity index is 1780. The molecule has 4 aliphatic rings. The standard InChI is InChI=1S/2C19H20FNO3.CH4O3S.2Ac.2H2O/c2*20-15-3-1-13(2-4-15)17-7-8-21-10-14(17)11-22-16-5-6-18-19(9-16)24-12-23-18;1-5(2,3)4;;;;/h2*1-6,9,14,17,21H,7-8,10-12H2;1H3,(H,2,3,4);;;2*1H2/t2*14-,17-;;;;;/m00...../s1. The molecule has 57 heavy (non-hydrogen) atoms. The normalized spacial score (nSPS) is 19.9. The van der Waals surface area contributed by atoms with Crippen molar-refractivity contribution < 1.29 is 149 Å². The van der Waals surface area contributed by atoms with Gasteiger partial charge in [-0.15, -0.1) is 0 Å². The molecular weight excluding hydrogens is 1200 g/mol. The number of halogens is 2. The first-order valence-corrected chi connectivity index (χ1v) is 19.3. The van der Waals surface area contributed by atoms with E-state index in [1.165, 1.54) is 35.4 Å². The smallest absolute Gasteiger partial charge is 0.261 e. The van der Waals surface area contributed by atoms with E-state index < -0.39 is 10.1 Å². The monoisotopic (exact) mass is 1240 g/mol. The molecule has 0 amide bonds. The van der Waals surface area contributed by atoms with Gasteiger partial charge in [0.1, 0.15) is 23.1 Å². The van der Waals surface area contributed by atoms with Crippen molar-refractivity contribution in [1.82, 2.24) is 10.6 Å². The second-order valence-electron chi connectivity index (χ2n) is 13.2. The van der Waals surface area contributed by atoms with Gasteiger partial charge in [-0.2, -0.15) is 8.42 Å². The van der Waals surface area contributed by atoms with Gasteiger partial charge < -0.3 is 50.0 Å². The number of rotatable bonds is 8. The zero-order valence-electron chi connectivity index (χ0n) is 31.5. The number of hydrogen-bond acceptors (Lipinski definition) is 10. The molecule has 0 saturated carbocycles. The van der Waals surface area contributed by atoms with Gasteiger partial charge in [0.25, 0.3) is 10.1 Å². The Morgan fingerprint density at radius 3 is 1.35 bits per heavy atom. The van der Waals surface area contributed by atoms with Crippen LogP contribution in [0.25, 0.3) is 0 Å². The van der Waals surface area contributed by atoms with Crippen LogP contribution in [0.15, 0.2) is 84.9 Å². The molecule has 7 N–H and O–H groups in total. The summed E-state index contributed by atoms with van der Waals surface area (Å²) in [5, 5.41) is 6.85. The fraction of sp³-hybridized carbons (Fsp3) is 0.385. The van der Waals surface area contributed by atoms with Crippen LogP contribution in [0.4, 0.5) is 8.78 Å². The largest absolute Gasteiger partial charge is 0.493 e. The van der Waals surface area contributed by atoms with Crippen molar-refractivity contribution in [3.63, 3.8) is 0 Å². The van der Waals surface area contributed by atoms with Gasteiger partial charge in [-0.25, -0.2) is 8.78 Å². The summed E-state index contributed by atoms with van der Waals surface area (Å²) < 4.78 is 85.6. The molecular formula is C39H48Ac2F2N2O11S. The SMILES string of the molecule is CS(=O)(=O)O.Fc1ccc([C@@H]2CCNC[C@H]2COc2ccc3c(c2)OCO3)cc1.Fc1ccc([C@@H]2CCNC[C@H]2COc2ccc3c(c2)OCO3)cc1.O.O.[Ac].[Ac]. The van der Waals surface area contributed by atoms with Crippen LogP contribution < -0.4 is 39.1 Å². The van der Waals surface area contributed by atoms with Crippen molar-refractivity contribution in [1.29, 1.82) is 0 Å². The van der Waals surface area contributed by atoms with E-state index in [-0.39, 0.29) is 124 Å². The third-order valence-corrected chi connectivity index (χ3v) is 9.43. The predicted molar refractivity (Wildman–Crippen MR) is 201 cm³/mol. The summed E-state index contributed by atoms with van der Waals surface area (Å²) in [5.74, 6) is 5.57. The topological polar surface area (TPSA) is 197 Å². The minimum absolute atomic E-state index is 0. The maximum Gasteiger partial charge on any atom is 0.261 e. The quantitative estimate of drug-likeness (QED) is 0.210. The average molecular weight is 1240 g/mol. The van der Waals surface area contributed by atoms with Gasteiger partial charge in [0.2, 0.25) is 13.6 Å². The van der Waals surface area contributed by atoms with Crippen LogP contribution >= 0.6 is 0 Å². The molecule has 4 aromatic rings. The van der Waals surface area contributed by atoms with Crippen molar-refractivity contribution in [3.8, 4) is 34.5 Å². The Balaban J connectivity index is 0.000000331. The number of hydrogen-bond donors (Lipinski definition) is 3. The van der Waals surface area contributed by atoms with Crippen LogP contribution in [-0.4, -0.2) is 83.2 Å². The Morgan fingerprint density at radius 1 is 0.632 bits per heavy atom. The molecule has 4 heterocycles. The fourth-order valence-corrected chi connectivity index (χ4v) is 6.83. The minimum Gasteiger partial charge on any atom is -0.493 e. The molecule has 13 nitrogen and oxygen atoms in total. The summed E-state index contributed by atoms with van der Waals surface area (Å²) in [4.78, 5) is 0. The van der Waals surface area contributed by atoms with Crippen LogP contribution in [0.5, 0.6) is 34.5 Å². The first kappa shape index (κ1) is 51.3. The number of fused-ring (bicyclic) bond motifs is 2. The van der Waals surface area contributed by atoms with Gasteiger partial charge in [-0.3, -0.25) is 4.55 Å². The molecule has 2 radical (unpaired) electrons. The van der Waals surface area contributed by atoms with Crippen LogP contribution in [-0.2, 0) is 10.1 Å². The third-order valence-electron chi connectivity index (χ3n) is 9.43. The maximum atomic E-state index is 13.2. The van der Waals surface area contributed by atoms with E-state index in [0.29, 0.717) is 43.1 Å². The summed E-state index contributed by atoms with van der Waals surface area (Å²) in [7, 11) is -3.67. The van der Waals surface area contributed by atoms with Crippen molar-refractivity contribution >= 4 is 10.1 Å². The summed E-state index contributed by atoms with van der Waals surface area (Å²) in [6, 6.07) is 25.0. The molecule has 4 atom stereocenters. The van der Waals surface area contributed by atoms with E-state index in [1.807, 2.05) is 60.7 Å². The Hall–Kier alpha value is -1.83. The van der Waals surface area contributed by atoms with Crippen molar-refractivity contribution in [2.45, 2.75) is 24.7 Å². The molecule has 306 valence electrons. The minimum atomic E-state index is -3.67. The number of ether oxygens (including phenoxy) is 6. The maximum absolute atomic E-state index is 13.2. The Morgan fingerprint density at radius 2 is 0.982 bits per heavy atom. The number of piperidine rings is 2. The second-order valence-corrected chi connectivity index (χ2v) is 14.7. The van der Waals surface area contributed by atoms with Crippen LogP contribution in [0.1, 0.15) is 35.8 Å². The van der Waals surface area contributed by atoms with Crippen molar-refractivity contribution in [2.24, 2.45) is 11.8 Å². The zero-order valence-corrected chi connectivity index (χ0v) is 41.8. The molecule has 0 aromatic heterocycles. The molecule has 2 fully saturated rings. The fourth-order valence-electron chi connectivity index (χ4n) is 6.83. The molecule has 18 heteroatoms. The van der Waals surface area contributed by atoms with E-state index in [4.69, 9.17) is 33.0 Å². The van der Waals surface area contributed by atoms with E-state index in [9.17, 15) is 17.2 Å². The first-order valence-electron chi connectivity index (χ1n) is 17.5. The average Bonchev–Trinajstić information content (AvgIpc) is 3.83. The number of benzene rings is 4. The number of nitrogens with one attached hydrogen (secondary N) is 2.